The van der Waals surface area contributed by atoms with Crippen LogP contribution in [0, 0.1) is 0 Å². The van der Waals surface area contributed by atoms with E-state index in [1.54, 1.807) is 0 Å². The first kappa shape index (κ1) is 19.5. The average molecular weight is 283 g/mol. The van der Waals surface area contributed by atoms with Crippen molar-refractivity contribution in [3.8, 4) is 0 Å². The second-order valence-corrected chi connectivity index (χ2v) is 3.66. The van der Waals surface area contributed by atoms with Crippen molar-refractivity contribution in [2.24, 2.45) is 0 Å². The molecule has 0 aromatic carbocycles. The standard InChI is InChI=1S/C8H12N.3ClH.V/c1-9(2)7-8-5-3-4-6-8;;;;/h3,5H,4,7H2,1-2H3;3*1H;. The fourth-order valence-electron chi connectivity index (χ4n) is 1.02. The molecular weight excluding hydrogens is 267 g/mol. The molecule has 1 nitrogen and oxygen atoms in total. The molecule has 0 heterocycles. The predicted octanol–water partition coefficient (Wildman–Crippen LogP) is 2.57. The van der Waals surface area contributed by atoms with Crippen LogP contribution in [0.2, 0.25) is 0 Å². The maximum atomic E-state index is 2.65. The molecule has 1 aliphatic carbocycles. The molecule has 0 amide bonds. The maximum Gasteiger partial charge on any atom is -0.147 e. The Hall–Kier alpha value is 0.894. The Balaban J connectivity index is -0.000000333. The van der Waals surface area contributed by atoms with Crippen LogP contribution in [0.1, 0.15) is 6.42 Å². The number of rotatable bonds is 2. The molecule has 0 aromatic rings. The van der Waals surface area contributed by atoms with Gasteiger partial charge >= 0.3 is 71.4 Å². The Morgan fingerprint density at radius 3 is 2.15 bits per heavy atom. The van der Waals surface area contributed by atoms with Crippen LogP contribution in [0.5, 0.6) is 0 Å². The minimum Gasteiger partial charge on any atom is -0.147 e. The molecule has 1 rings (SSSR count). The van der Waals surface area contributed by atoms with Crippen molar-refractivity contribution in [1.82, 2.24) is 4.90 Å². The van der Waals surface area contributed by atoms with Gasteiger partial charge in [-0.3, -0.25) is 0 Å². The van der Waals surface area contributed by atoms with Crippen LogP contribution in [0.15, 0.2) is 22.0 Å². The molecule has 5 heteroatoms. The summed E-state index contributed by atoms with van der Waals surface area (Å²) in [5.74, 6) is 0. The fraction of sp³-hybridized carbons (Fsp3) is 0.500. The topological polar surface area (TPSA) is 3.24 Å². The van der Waals surface area contributed by atoms with E-state index in [4.69, 9.17) is 0 Å². The summed E-state index contributed by atoms with van der Waals surface area (Å²) in [6, 6.07) is 0. The van der Waals surface area contributed by atoms with Gasteiger partial charge in [-0.2, -0.15) is 0 Å². The molecule has 0 unspecified atom stereocenters. The number of hydrogen-bond acceptors (Lipinski definition) is 1. The van der Waals surface area contributed by atoms with Crippen LogP contribution in [0.4, 0.5) is 0 Å². The largest absolute Gasteiger partial charge is 0.147 e. The van der Waals surface area contributed by atoms with E-state index in [-0.39, 0.29) is 37.2 Å². The molecule has 78 valence electrons. The summed E-state index contributed by atoms with van der Waals surface area (Å²) in [6.45, 7) is 1.07. The number of halogens is 3. The summed E-state index contributed by atoms with van der Waals surface area (Å²) in [6.07, 6.45) is 5.56. The predicted molar refractivity (Wildman–Crippen MR) is 61.1 cm³/mol. The second kappa shape index (κ2) is 9.45. The SMILES string of the molecule is CN(C)CC1=[C]([V])CC=C1.Cl.Cl.Cl. The smallest absolute Gasteiger partial charge is 0.147 e. The summed E-state index contributed by atoms with van der Waals surface area (Å²) in [4.78, 5) is 2.19. The molecule has 0 aliphatic heterocycles. The molecule has 0 aromatic heterocycles. The van der Waals surface area contributed by atoms with Crippen molar-refractivity contribution in [3.63, 3.8) is 0 Å². The Kier molecular flexibility index (Phi) is 14.1. The third-order valence-electron chi connectivity index (χ3n) is 1.49. The Labute approximate surface area is 108 Å². The van der Waals surface area contributed by atoms with Crippen LogP contribution in [0.3, 0.4) is 0 Å². The van der Waals surface area contributed by atoms with Gasteiger partial charge in [-0.25, -0.2) is 0 Å². The van der Waals surface area contributed by atoms with Gasteiger partial charge in [-0.1, -0.05) is 0 Å². The summed E-state index contributed by atoms with van der Waals surface area (Å²) < 4.78 is 1.46. The van der Waals surface area contributed by atoms with E-state index in [0.29, 0.717) is 0 Å². The van der Waals surface area contributed by atoms with Crippen molar-refractivity contribution in [1.29, 1.82) is 0 Å². The monoisotopic (exact) mass is 281 g/mol. The van der Waals surface area contributed by atoms with E-state index in [1.807, 2.05) is 0 Å². The van der Waals surface area contributed by atoms with Gasteiger partial charge in [-0.15, -0.1) is 37.2 Å². The van der Waals surface area contributed by atoms with Gasteiger partial charge in [-0.05, 0) is 0 Å². The average Bonchev–Trinajstić information content (AvgIpc) is 2.15. The molecule has 1 aliphatic rings. The minimum absolute atomic E-state index is 0. The van der Waals surface area contributed by atoms with Crippen molar-refractivity contribution in [2.45, 2.75) is 6.42 Å². The van der Waals surface area contributed by atoms with Crippen molar-refractivity contribution in [3.05, 3.63) is 22.0 Å². The van der Waals surface area contributed by atoms with Gasteiger partial charge in [0.05, 0.1) is 0 Å². The van der Waals surface area contributed by atoms with Crippen LogP contribution in [-0.2, 0) is 17.4 Å². The number of likely N-dealkylation sites (N-methyl/N-ethyl adjacent to an activating group) is 1. The number of allylic oxidation sites excluding steroid dienone is 2. The van der Waals surface area contributed by atoms with Crippen LogP contribution in [-0.4, -0.2) is 25.5 Å². The number of nitrogens with zero attached hydrogens (tertiary/aromatic N) is 1. The van der Waals surface area contributed by atoms with Gasteiger partial charge < -0.3 is 0 Å². The molecule has 0 saturated heterocycles. The van der Waals surface area contributed by atoms with Crippen molar-refractivity contribution < 1.29 is 17.4 Å². The second-order valence-electron chi connectivity index (χ2n) is 2.82. The molecular formula is C8H15Cl3NV. The molecule has 0 saturated carbocycles. The maximum absolute atomic E-state index is 2.65. The van der Waals surface area contributed by atoms with Crippen LogP contribution < -0.4 is 0 Å². The van der Waals surface area contributed by atoms with Gasteiger partial charge in [0.2, 0.25) is 0 Å². The van der Waals surface area contributed by atoms with E-state index in [0.717, 1.165) is 13.0 Å². The molecule has 0 bridgehead atoms. The first-order valence-electron chi connectivity index (χ1n) is 3.42. The molecule has 13 heavy (non-hydrogen) atoms. The van der Waals surface area contributed by atoms with E-state index in [1.165, 1.54) is 9.86 Å². The zero-order valence-corrected chi connectivity index (χ0v) is 11.5. The normalized spacial score (nSPS) is 13.5. The molecule has 0 radical (unpaired) electrons. The van der Waals surface area contributed by atoms with Gasteiger partial charge in [0.15, 0.2) is 0 Å². The Morgan fingerprint density at radius 1 is 1.31 bits per heavy atom. The summed E-state index contributed by atoms with van der Waals surface area (Å²) in [5.41, 5.74) is 1.46. The molecule has 0 atom stereocenters. The van der Waals surface area contributed by atoms with Gasteiger partial charge in [0, 0.05) is 0 Å². The summed E-state index contributed by atoms with van der Waals surface area (Å²) >= 11 is 2.65. The van der Waals surface area contributed by atoms with Crippen LogP contribution >= 0.6 is 37.2 Å². The quantitative estimate of drug-likeness (QED) is 0.752. The molecule has 0 N–H and O–H groups in total. The Morgan fingerprint density at radius 2 is 1.85 bits per heavy atom. The molecule has 0 fully saturated rings. The van der Waals surface area contributed by atoms with Gasteiger partial charge in [0.1, 0.15) is 0 Å². The van der Waals surface area contributed by atoms with Gasteiger partial charge in [0.25, 0.3) is 0 Å². The summed E-state index contributed by atoms with van der Waals surface area (Å²) in [5, 5.41) is 0. The van der Waals surface area contributed by atoms with E-state index < -0.39 is 0 Å². The van der Waals surface area contributed by atoms with Crippen molar-refractivity contribution >= 4 is 37.2 Å². The van der Waals surface area contributed by atoms with Crippen molar-refractivity contribution in [2.75, 3.05) is 20.6 Å². The van der Waals surface area contributed by atoms with E-state index in [9.17, 15) is 0 Å². The molecule has 0 spiro atoms. The zero-order valence-electron chi connectivity index (χ0n) is 7.69. The van der Waals surface area contributed by atoms with E-state index >= 15 is 0 Å². The Bertz CT molecular complexity index is 190. The third kappa shape index (κ3) is 6.90. The zero-order chi connectivity index (χ0) is 7.56. The minimum atomic E-state index is 0. The van der Waals surface area contributed by atoms with Crippen LogP contribution in [0.25, 0.3) is 0 Å². The first-order chi connectivity index (χ1) is 4.70. The first-order valence-corrected chi connectivity index (χ1v) is 4.12. The van der Waals surface area contributed by atoms with E-state index in [2.05, 4.69) is 48.6 Å². The number of hydrogen-bond donors (Lipinski definition) is 0. The fourth-order valence-corrected chi connectivity index (χ4v) is 1.42. The summed E-state index contributed by atoms with van der Waals surface area (Å²) in [7, 11) is 4.19. The third-order valence-corrected chi connectivity index (χ3v) is 2.22.